The van der Waals surface area contributed by atoms with Crippen molar-refractivity contribution in [2.45, 2.75) is 57.4 Å². The highest BCUT2D eigenvalue weighted by Crippen LogP contribution is 2.24. The molecule has 31 heavy (non-hydrogen) atoms. The number of nitrogens with one attached hydrogen (secondary N) is 1. The maximum absolute atomic E-state index is 13.2. The van der Waals surface area contributed by atoms with E-state index in [0.29, 0.717) is 30.8 Å². The molecule has 0 aromatic heterocycles. The summed E-state index contributed by atoms with van der Waals surface area (Å²) < 4.78 is 33.8. The third kappa shape index (κ3) is 5.86. The highest BCUT2D eigenvalue weighted by Gasteiger charge is 2.27. The van der Waals surface area contributed by atoms with E-state index in [-0.39, 0.29) is 16.8 Å². The van der Waals surface area contributed by atoms with Crippen molar-refractivity contribution in [3.63, 3.8) is 0 Å². The monoisotopic (exact) mass is 444 g/mol. The molecule has 168 valence electrons. The van der Waals surface area contributed by atoms with Gasteiger partial charge in [0, 0.05) is 18.7 Å². The van der Waals surface area contributed by atoms with Crippen LogP contribution in [-0.2, 0) is 10.0 Å². The molecule has 0 saturated carbocycles. The Morgan fingerprint density at radius 1 is 1.03 bits per heavy atom. The summed E-state index contributed by atoms with van der Waals surface area (Å²) in [6.07, 6.45) is 3.85. The van der Waals surface area contributed by atoms with E-state index in [1.807, 2.05) is 38.1 Å². The van der Waals surface area contributed by atoms with E-state index in [0.717, 1.165) is 37.0 Å². The number of nitrogens with zero attached hydrogens (tertiary/aromatic N) is 1. The molecule has 1 heterocycles. The van der Waals surface area contributed by atoms with Crippen LogP contribution in [0.2, 0.25) is 0 Å². The van der Waals surface area contributed by atoms with E-state index in [4.69, 9.17) is 4.74 Å². The second-order valence-corrected chi connectivity index (χ2v) is 10.2. The summed E-state index contributed by atoms with van der Waals surface area (Å²) in [4.78, 5) is 13.0. The van der Waals surface area contributed by atoms with Crippen molar-refractivity contribution in [3.05, 3.63) is 59.2 Å². The number of carbonyl (C=O) groups is 1. The Labute approximate surface area is 185 Å². The van der Waals surface area contributed by atoms with Crippen LogP contribution in [0.25, 0.3) is 0 Å². The molecule has 0 radical (unpaired) electrons. The van der Waals surface area contributed by atoms with Crippen LogP contribution in [0.15, 0.2) is 47.4 Å². The average molecular weight is 445 g/mol. The first kappa shape index (κ1) is 23.3. The van der Waals surface area contributed by atoms with Gasteiger partial charge in [0.25, 0.3) is 5.91 Å². The molecule has 1 atom stereocenters. The van der Waals surface area contributed by atoms with Gasteiger partial charge in [0.2, 0.25) is 10.0 Å². The number of para-hydroxylation sites is 1. The van der Waals surface area contributed by atoms with Gasteiger partial charge in [0.15, 0.2) is 0 Å². The van der Waals surface area contributed by atoms with Crippen molar-refractivity contribution in [2.24, 2.45) is 0 Å². The summed E-state index contributed by atoms with van der Waals surface area (Å²) in [6.45, 7) is 6.99. The predicted octanol–water partition coefficient (Wildman–Crippen LogP) is 4.07. The molecule has 1 aliphatic heterocycles. The molecule has 0 spiro atoms. The summed E-state index contributed by atoms with van der Waals surface area (Å²) in [5.41, 5.74) is 2.02. The molecule has 6 nitrogen and oxygen atoms in total. The second-order valence-electron chi connectivity index (χ2n) is 8.25. The first-order chi connectivity index (χ1) is 14.8. The molecule has 1 saturated heterocycles. The maximum atomic E-state index is 13.2. The van der Waals surface area contributed by atoms with Gasteiger partial charge in [-0.2, -0.15) is 4.31 Å². The summed E-state index contributed by atoms with van der Waals surface area (Å²) in [5, 5.41) is 2.90. The van der Waals surface area contributed by atoms with E-state index >= 15 is 0 Å². The summed E-state index contributed by atoms with van der Waals surface area (Å²) in [6, 6.07) is 12.3. The zero-order valence-corrected chi connectivity index (χ0v) is 19.4. The van der Waals surface area contributed by atoms with E-state index in [2.05, 4.69) is 5.32 Å². The quantitative estimate of drug-likeness (QED) is 0.699. The number of benzene rings is 2. The number of amides is 1. The summed E-state index contributed by atoms with van der Waals surface area (Å²) >= 11 is 0. The number of ether oxygens (including phenoxy) is 1. The van der Waals surface area contributed by atoms with Gasteiger partial charge in [-0.3, -0.25) is 4.79 Å². The lowest BCUT2D eigenvalue weighted by molar-refractivity contribution is 0.0926. The topological polar surface area (TPSA) is 75.7 Å². The Kier molecular flexibility index (Phi) is 7.73. The van der Waals surface area contributed by atoms with Crippen molar-refractivity contribution < 1.29 is 17.9 Å². The van der Waals surface area contributed by atoms with Crippen LogP contribution < -0.4 is 10.1 Å². The van der Waals surface area contributed by atoms with E-state index in [9.17, 15) is 13.2 Å². The zero-order valence-electron chi connectivity index (χ0n) is 18.6. The van der Waals surface area contributed by atoms with E-state index in [1.165, 1.54) is 6.07 Å². The van der Waals surface area contributed by atoms with Crippen LogP contribution in [0.1, 0.15) is 54.1 Å². The van der Waals surface area contributed by atoms with Gasteiger partial charge in [-0.1, -0.05) is 37.1 Å². The number of carbonyl (C=O) groups excluding carboxylic acids is 1. The minimum atomic E-state index is -3.62. The Hall–Kier alpha value is -2.38. The molecule has 0 unspecified atom stereocenters. The van der Waals surface area contributed by atoms with Gasteiger partial charge in [0.1, 0.15) is 12.4 Å². The first-order valence-corrected chi connectivity index (χ1v) is 12.3. The lowest BCUT2D eigenvalue weighted by Crippen LogP contribution is -2.37. The highest BCUT2D eigenvalue weighted by molar-refractivity contribution is 7.89. The molecule has 2 aromatic carbocycles. The molecule has 2 aromatic rings. The SMILES string of the molecule is Cc1ccccc1OC[C@@H](C)NC(=O)c1ccc(C)c(S(=O)(=O)N2CCCCCC2)c1. The van der Waals surface area contributed by atoms with Crippen LogP contribution in [0.5, 0.6) is 5.75 Å². The second kappa shape index (κ2) is 10.3. The number of rotatable bonds is 7. The molecule has 0 bridgehead atoms. The lowest BCUT2D eigenvalue weighted by atomic mass is 10.1. The molecular weight excluding hydrogens is 412 g/mol. The Morgan fingerprint density at radius 3 is 2.39 bits per heavy atom. The summed E-state index contributed by atoms with van der Waals surface area (Å²) in [7, 11) is -3.62. The molecule has 7 heteroatoms. The molecule has 3 rings (SSSR count). The van der Waals surface area contributed by atoms with Gasteiger partial charge >= 0.3 is 0 Å². The van der Waals surface area contributed by atoms with Crippen LogP contribution in [0, 0.1) is 13.8 Å². The smallest absolute Gasteiger partial charge is 0.251 e. The van der Waals surface area contributed by atoms with E-state index < -0.39 is 10.0 Å². The fourth-order valence-corrected chi connectivity index (χ4v) is 5.49. The number of sulfonamides is 1. The Balaban J connectivity index is 1.69. The van der Waals surface area contributed by atoms with Crippen LogP contribution in [0.3, 0.4) is 0 Å². The van der Waals surface area contributed by atoms with Gasteiger partial charge in [-0.05, 0) is 62.9 Å². The minimum Gasteiger partial charge on any atom is -0.491 e. The molecule has 1 N–H and O–H groups in total. The van der Waals surface area contributed by atoms with E-state index in [1.54, 1.807) is 23.4 Å². The number of hydrogen-bond acceptors (Lipinski definition) is 4. The van der Waals surface area contributed by atoms with Gasteiger partial charge in [-0.25, -0.2) is 8.42 Å². The summed E-state index contributed by atoms with van der Waals surface area (Å²) in [5.74, 6) is 0.470. The molecule has 1 amide bonds. The lowest BCUT2D eigenvalue weighted by Gasteiger charge is -2.22. The average Bonchev–Trinajstić information content (AvgIpc) is 3.03. The van der Waals surface area contributed by atoms with Crippen molar-refractivity contribution in [1.82, 2.24) is 9.62 Å². The number of aryl methyl sites for hydroxylation is 2. The van der Waals surface area contributed by atoms with Crippen molar-refractivity contribution in [1.29, 1.82) is 0 Å². The standard InChI is InChI=1S/C24H32N2O4S/c1-18-10-6-7-11-22(18)30-17-20(3)25-24(27)21-13-12-19(2)23(16-21)31(28,29)26-14-8-4-5-9-15-26/h6-7,10-13,16,20H,4-5,8-9,14-15,17H2,1-3H3,(H,25,27)/t20-/m1/s1. The normalized spacial score (nSPS) is 16.4. The molecule has 1 aliphatic rings. The fourth-order valence-electron chi connectivity index (χ4n) is 3.72. The van der Waals surface area contributed by atoms with Crippen molar-refractivity contribution in [2.75, 3.05) is 19.7 Å². The van der Waals surface area contributed by atoms with Crippen molar-refractivity contribution >= 4 is 15.9 Å². The third-order valence-corrected chi connectivity index (χ3v) is 7.63. The van der Waals surface area contributed by atoms with Gasteiger partial charge < -0.3 is 10.1 Å². The zero-order chi connectivity index (χ0) is 22.4. The Morgan fingerprint density at radius 2 is 1.71 bits per heavy atom. The fraction of sp³-hybridized carbons (Fsp3) is 0.458. The van der Waals surface area contributed by atoms with Crippen LogP contribution >= 0.6 is 0 Å². The minimum absolute atomic E-state index is 0.214. The highest BCUT2D eigenvalue weighted by atomic mass is 32.2. The molecule has 1 fully saturated rings. The van der Waals surface area contributed by atoms with Gasteiger partial charge in [0.05, 0.1) is 10.9 Å². The largest absolute Gasteiger partial charge is 0.491 e. The van der Waals surface area contributed by atoms with Crippen LogP contribution in [0.4, 0.5) is 0 Å². The first-order valence-electron chi connectivity index (χ1n) is 10.9. The van der Waals surface area contributed by atoms with Crippen molar-refractivity contribution in [3.8, 4) is 5.75 Å². The number of hydrogen-bond donors (Lipinski definition) is 1. The third-order valence-electron chi connectivity index (χ3n) is 5.59. The van der Waals surface area contributed by atoms with Gasteiger partial charge in [-0.15, -0.1) is 0 Å². The predicted molar refractivity (Wildman–Crippen MR) is 122 cm³/mol. The Bertz CT molecular complexity index is 1010. The maximum Gasteiger partial charge on any atom is 0.251 e. The molecular formula is C24H32N2O4S. The van der Waals surface area contributed by atoms with Crippen LogP contribution in [-0.4, -0.2) is 44.4 Å². The molecule has 0 aliphatic carbocycles.